The highest BCUT2D eigenvalue weighted by Gasteiger charge is 2.43. The van der Waals surface area contributed by atoms with E-state index in [9.17, 15) is 4.79 Å². The van der Waals surface area contributed by atoms with E-state index in [-0.39, 0.29) is 11.9 Å². The fourth-order valence-corrected chi connectivity index (χ4v) is 4.23. The first-order chi connectivity index (χ1) is 12.6. The predicted molar refractivity (Wildman–Crippen MR) is 104 cm³/mol. The van der Waals surface area contributed by atoms with E-state index in [0.29, 0.717) is 18.6 Å². The summed E-state index contributed by atoms with van der Waals surface area (Å²) in [5.41, 5.74) is 2.75. The molecule has 1 aromatic rings. The average Bonchev–Trinajstić information content (AvgIpc) is 3.06. The molecule has 1 unspecified atom stereocenters. The molecule has 3 rings (SSSR count). The Morgan fingerprint density at radius 3 is 2.69 bits per heavy atom. The van der Waals surface area contributed by atoms with E-state index in [4.69, 9.17) is 4.74 Å². The van der Waals surface area contributed by atoms with Gasteiger partial charge >= 0.3 is 0 Å². The number of rotatable bonds is 7. The Morgan fingerprint density at radius 1 is 1.27 bits per heavy atom. The van der Waals surface area contributed by atoms with Crippen molar-refractivity contribution in [2.75, 3.05) is 39.9 Å². The van der Waals surface area contributed by atoms with Crippen LogP contribution in [0.25, 0.3) is 0 Å². The van der Waals surface area contributed by atoms with Gasteiger partial charge in [-0.25, -0.2) is 0 Å². The van der Waals surface area contributed by atoms with Crippen LogP contribution in [-0.2, 0) is 16.1 Å². The molecule has 0 bridgehead atoms. The number of hydrogen-bond acceptors (Lipinski definition) is 4. The van der Waals surface area contributed by atoms with Gasteiger partial charge < -0.3 is 20.3 Å². The second-order valence-corrected chi connectivity index (χ2v) is 7.98. The smallest absolute Gasteiger partial charge is 0.240 e. The highest BCUT2D eigenvalue weighted by molar-refractivity contribution is 5.82. The van der Waals surface area contributed by atoms with Gasteiger partial charge in [0.25, 0.3) is 0 Å². The summed E-state index contributed by atoms with van der Waals surface area (Å²) in [6.45, 7) is 7.31. The minimum absolute atomic E-state index is 0.0407. The molecule has 1 amide bonds. The highest BCUT2D eigenvalue weighted by Crippen LogP contribution is 2.37. The van der Waals surface area contributed by atoms with Gasteiger partial charge in [0.2, 0.25) is 5.91 Å². The SMILES string of the molecule is COCCCN(Cc1ccc(C)cc1)C(=O)C1CC2(CCNCC2)CN1. The molecule has 1 spiro atoms. The highest BCUT2D eigenvalue weighted by atomic mass is 16.5. The van der Waals surface area contributed by atoms with E-state index >= 15 is 0 Å². The van der Waals surface area contributed by atoms with Crippen molar-refractivity contribution in [1.82, 2.24) is 15.5 Å². The number of carbonyl (C=O) groups is 1. The maximum absolute atomic E-state index is 13.2. The van der Waals surface area contributed by atoms with Crippen LogP contribution in [0.4, 0.5) is 0 Å². The number of ether oxygens (including phenoxy) is 1. The monoisotopic (exact) mass is 359 g/mol. The molecule has 0 saturated carbocycles. The lowest BCUT2D eigenvalue weighted by atomic mass is 9.77. The average molecular weight is 360 g/mol. The first-order valence-electron chi connectivity index (χ1n) is 9.89. The molecule has 26 heavy (non-hydrogen) atoms. The molecular formula is C21H33N3O2. The molecule has 0 aromatic heterocycles. The zero-order valence-corrected chi connectivity index (χ0v) is 16.2. The standard InChI is InChI=1S/C21H33N3O2/c1-17-4-6-18(7-5-17)15-24(12-3-13-26-2)20(25)19-14-21(16-23-19)8-10-22-11-9-21/h4-7,19,22-23H,3,8-16H2,1-2H3. The van der Waals surface area contributed by atoms with Crippen molar-refractivity contribution >= 4 is 5.91 Å². The minimum atomic E-state index is -0.0407. The minimum Gasteiger partial charge on any atom is -0.385 e. The maximum Gasteiger partial charge on any atom is 0.240 e. The fraction of sp³-hybridized carbons (Fsp3) is 0.667. The van der Waals surface area contributed by atoms with E-state index in [1.807, 2.05) is 4.90 Å². The number of carbonyl (C=O) groups excluding carboxylic acids is 1. The van der Waals surface area contributed by atoms with Crippen LogP contribution in [0.3, 0.4) is 0 Å². The molecule has 1 aromatic carbocycles. The molecule has 2 heterocycles. The van der Waals surface area contributed by atoms with Gasteiger partial charge in [-0.3, -0.25) is 4.79 Å². The van der Waals surface area contributed by atoms with Gasteiger partial charge in [-0.2, -0.15) is 0 Å². The van der Waals surface area contributed by atoms with Crippen molar-refractivity contribution in [2.45, 2.75) is 45.2 Å². The van der Waals surface area contributed by atoms with Crippen LogP contribution in [0.15, 0.2) is 24.3 Å². The molecule has 2 fully saturated rings. The Hall–Kier alpha value is -1.43. The molecule has 2 aliphatic rings. The van der Waals surface area contributed by atoms with Crippen molar-refractivity contribution in [1.29, 1.82) is 0 Å². The van der Waals surface area contributed by atoms with Crippen molar-refractivity contribution in [3.8, 4) is 0 Å². The topological polar surface area (TPSA) is 53.6 Å². The quantitative estimate of drug-likeness (QED) is 0.732. The Bertz CT molecular complexity index is 581. The largest absolute Gasteiger partial charge is 0.385 e. The summed E-state index contributed by atoms with van der Waals surface area (Å²) in [6.07, 6.45) is 4.19. The second kappa shape index (κ2) is 8.98. The van der Waals surface area contributed by atoms with Crippen LogP contribution in [0.1, 0.15) is 36.8 Å². The molecule has 2 aliphatic heterocycles. The molecule has 2 N–H and O–H groups in total. The molecule has 1 atom stereocenters. The van der Waals surface area contributed by atoms with Crippen LogP contribution in [0.5, 0.6) is 0 Å². The number of piperidine rings is 1. The molecule has 5 nitrogen and oxygen atoms in total. The Balaban J connectivity index is 1.64. The zero-order chi connectivity index (χ0) is 18.4. The number of hydrogen-bond donors (Lipinski definition) is 2. The third-order valence-electron chi connectivity index (χ3n) is 5.91. The number of benzene rings is 1. The molecule has 144 valence electrons. The maximum atomic E-state index is 13.2. The number of nitrogens with zero attached hydrogens (tertiary/aromatic N) is 1. The van der Waals surface area contributed by atoms with Crippen LogP contribution in [0, 0.1) is 12.3 Å². The number of methoxy groups -OCH3 is 1. The van der Waals surface area contributed by atoms with Crippen LogP contribution in [0.2, 0.25) is 0 Å². The summed E-state index contributed by atoms with van der Waals surface area (Å²) < 4.78 is 5.19. The van der Waals surface area contributed by atoms with Gasteiger partial charge in [0, 0.05) is 33.4 Å². The summed E-state index contributed by atoms with van der Waals surface area (Å²) in [5.74, 6) is 0.247. The van der Waals surface area contributed by atoms with E-state index < -0.39 is 0 Å². The Morgan fingerprint density at radius 2 is 2.00 bits per heavy atom. The van der Waals surface area contributed by atoms with Gasteiger partial charge in [-0.05, 0) is 56.7 Å². The molecule has 0 aliphatic carbocycles. The van der Waals surface area contributed by atoms with Crippen molar-refractivity contribution in [3.63, 3.8) is 0 Å². The number of amides is 1. The van der Waals surface area contributed by atoms with Crippen LogP contribution < -0.4 is 10.6 Å². The number of nitrogens with one attached hydrogen (secondary N) is 2. The lowest BCUT2D eigenvalue weighted by Crippen LogP contribution is -2.44. The normalized spacial score (nSPS) is 21.8. The lowest BCUT2D eigenvalue weighted by molar-refractivity contribution is -0.134. The van der Waals surface area contributed by atoms with Gasteiger partial charge in [-0.15, -0.1) is 0 Å². The molecular weight excluding hydrogens is 326 g/mol. The first-order valence-corrected chi connectivity index (χ1v) is 9.89. The molecule has 2 saturated heterocycles. The van der Waals surface area contributed by atoms with Gasteiger partial charge in [-0.1, -0.05) is 29.8 Å². The second-order valence-electron chi connectivity index (χ2n) is 7.98. The van der Waals surface area contributed by atoms with Gasteiger partial charge in [0.1, 0.15) is 0 Å². The summed E-state index contributed by atoms with van der Waals surface area (Å²) >= 11 is 0. The summed E-state index contributed by atoms with van der Waals surface area (Å²) in [4.78, 5) is 15.3. The lowest BCUT2D eigenvalue weighted by Gasteiger charge is -2.33. The van der Waals surface area contributed by atoms with Gasteiger partial charge in [0.05, 0.1) is 6.04 Å². The van der Waals surface area contributed by atoms with Crippen molar-refractivity contribution in [2.24, 2.45) is 5.41 Å². The summed E-state index contributed by atoms with van der Waals surface area (Å²) in [6, 6.07) is 8.45. The van der Waals surface area contributed by atoms with E-state index in [1.165, 1.54) is 24.0 Å². The van der Waals surface area contributed by atoms with Crippen LogP contribution in [-0.4, -0.2) is 56.7 Å². The van der Waals surface area contributed by atoms with E-state index in [2.05, 4.69) is 41.8 Å². The van der Waals surface area contributed by atoms with Crippen molar-refractivity contribution in [3.05, 3.63) is 35.4 Å². The van der Waals surface area contributed by atoms with E-state index in [0.717, 1.165) is 39.0 Å². The molecule has 0 radical (unpaired) electrons. The zero-order valence-electron chi connectivity index (χ0n) is 16.2. The number of aryl methyl sites for hydroxylation is 1. The van der Waals surface area contributed by atoms with Crippen molar-refractivity contribution < 1.29 is 9.53 Å². The molecule has 5 heteroatoms. The van der Waals surface area contributed by atoms with E-state index in [1.54, 1.807) is 7.11 Å². The first kappa shape index (κ1) is 19.3. The predicted octanol–water partition coefficient (Wildman–Crippen LogP) is 2.09. The fourth-order valence-electron chi connectivity index (χ4n) is 4.23. The van der Waals surface area contributed by atoms with Gasteiger partial charge in [0.15, 0.2) is 0 Å². The third-order valence-corrected chi connectivity index (χ3v) is 5.91. The summed E-state index contributed by atoms with van der Waals surface area (Å²) in [5, 5.41) is 6.97. The van der Waals surface area contributed by atoms with Crippen LogP contribution >= 0.6 is 0 Å². The summed E-state index contributed by atoms with van der Waals surface area (Å²) in [7, 11) is 1.71. The Labute approximate surface area is 157 Å². The third kappa shape index (κ3) is 4.84. The Kier molecular flexibility index (Phi) is 6.68.